The van der Waals surface area contributed by atoms with E-state index in [0.29, 0.717) is 24.7 Å². The molecule has 3 N–H and O–H groups in total. The van der Waals surface area contributed by atoms with Gasteiger partial charge in [-0.3, -0.25) is 4.79 Å². The first-order chi connectivity index (χ1) is 9.04. The average Bonchev–Trinajstić information content (AvgIpc) is 2.42. The zero-order chi connectivity index (χ0) is 14.3. The van der Waals surface area contributed by atoms with Crippen molar-refractivity contribution in [2.45, 2.75) is 13.0 Å². The minimum Gasteiger partial charge on any atom is -0.350 e. The first-order valence-electron chi connectivity index (χ1n) is 6.28. The normalized spacial score (nSPS) is 11.6. The van der Waals surface area contributed by atoms with E-state index >= 15 is 0 Å². The maximum absolute atomic E-state index is 11.9. The van der Waals surface area contributed by atoms with Gasteiger partial charge in [-0.05, 0) is 45.3 Å². The largest absolute Gasteiger partial charge is 0.350 e. The molecule has 0 spiro atoms. The predicted octanol–water partition coefficient (Wildman–Crippen LogP) is 0.677. The molecular weight excluding hydrogens is 238 g/mol. The van der Waals surface area contributed by atoms with Gasteiger partial charge in [-0.2, -0.15) is 0 Å². The van der Waals surface area contributed by atoms with Crippen LogP contribution in [0, 0.1) is 11.8 Å². The van der Waals surface area contributed by atoms with Crippen LogP contribution in [-0.2, 0) is 0 Å². The highest BCUT2D eigenvalue weighted by Crippen LogP contribution is 2.03. The molecule has 1 rings (SSSR count). The summed E-state index contributed by atoms with van der Waals surface area (Å²) in [5.41, 5.74) is 6.81. The van der Waals surface area contributed by atoms with Crippen LogP contribution in [0.3, 0.4) is 0 Å². The van der Waals surface area contributed by atoms with Crippen LogP contribution in [0.25, 0.3) is 0 Å². The molecule has 1 atom stereocenters. The average molecular weight is 259 g/mol. The second kappa shape index (κ2) is 7.57. The van der Waals surface area contributed by atoms with Gasteiger partial charge in [0.1, 0.15) is 0 Å². The van der Waals surface area contributed by atoms with E-state index in [4.69, 9.17) is 5.73 Å². The Morgan fingerprint density at radius 2 is 2.00 bits per heavy atom. The Morgan fingerprint density at radius 1 is 1.37 bits per heavy atom. The lowest BCUT2D eigenvalue weighted by Crippen LogP contribution is -2.38. The number of carbonyl (C=O) groups is 1. The Balaban J connectivity index is 2.58. The van der Waals surface area contributed by atoms with Gasteiger partial charge < -0.3 is 16.0 Å². The quantitative estimate of drug-likeness (QED) is 0.782. The van der Waals surface area contributed by atoms with E-state index in [2.05, 4.69) is 29.0 Å². The predicted molar refractivity (Wildman–Crippen MR) is 77.9 cm³/mol. The smallest absolute Gasteiger partial charge is 0.251 e. The molecule has 0 radical (unpaired) electrons. The van der Waals surface area contributed by atoms with E-state index < -0.39 is 0 Å². The van der Waals surface area contributed by atoms with Crippen LogP contribution in [0.2, 0.25) is 0 Å². The Morgan fingerprint density at radius 3 is 2.53 bits per heavy atom. The molecule has 4 nitrogen and oxygen atoms in total. The molecule has 102 valence electrons. The van der Waals surface area contributed by atoms with Gasteiger partial charge in [-0.1, -0.05) is 11.8 Å². The number of rotatable bonds is 4. The van der Waals surface area contributed by atoms with Gasteiger partial charge in [0.25, 0.3) is 5.91 Å². The highest BCUT2D eigenvalue weighted by molar-refractivity contribution is 5.94. The summed E-state index contributed by atoms with van der Waals surface area (Å²) in [5.74, 6) is 5.64. The third-order valence-electron chi connectivity index (χ3n) is 2.92. The number of carbonyl (C=O) groups excluding carboxylic acids is 1. The molecule has 0 fully saturated rings. The Bertz CT molecular complexity index is 468. The molecule has 0 aromatic heterocycles. The van der Waals surface area contributed by atoms with Crippen LogP contribution >= 0.6 is 0 Å². The Hall–Kier alpha value is -1.83. The summed E-state index contributed by atoms with van der Waals surface area (Å²) >= 11 is 0. The third kappa shape index (κ3) is 5.12. The van der Waals surface area contributed by atoms with E-state index in [1.165, 1.54) is 0 Å². The topological polar surface area (TPSA) is 58.4 Å². The molecule has 0 saturated carbocycles. The van der Waals surface area contributed by atoms with Crippen LogP contribution in [-0.4, -0.2) is 44.0 Å². The second-order valence-corrected chi connectivity index (χ2v) is 4.61. The van der Waals surface area contributed by atoms with E-state index in [-0.39, 0.29) is 5.91 Å². The van der Waals surface area contributed by atoms with E-state index in [9.17, 15) is 4.79 Å². The first kappa shape index (κ1) is 15.2. The molecule has 19 heavy (non-hydrogen) atoms. The molecule has 0 saturated heterocycles. The summed E-state index contributed by atoms with van der Waals surface area (Å²) < 4.78 is 0. The molecule has 0 aliphatic carbocycles. The van der Waals surface area contributed by atoms with Gasteiger partial charge in [0.2, 0.25) is 0 Å². The summed E-state index contributed by atoms with van der Waals surface area (Å²) in [6.07, 6.45) is 0. The summed E-state index contributed by atoms with van der Waals surface area (Å²) in [6.45, 7) is 3.02. The Labute approximate surface area is 115 Å². The van der Waals surface area contributed by atoms with Crippen molar-refractivity contribution in [1.82, 2.24) is 10.2 Å². The summed E-state index contributed by atoms with van der Waals surface area (Å²) in [6, 6.07) is 7.50. The molecule has 0 heterocycles. The summed E-state index contributed by atoms with van der Waals surface area (Å²) in [5, 5.41) is 2.91. The zero-order valence-corrected chi connectivity index (χ0v) is 11.7. The van der Waals surface area contributed by atoms with Crippen molar-refractivity contribution in [3.8, 4) is 11.8 Å². The van der Waals surface area contributed by atoms with Crippen molar-refractivity contribution in [3.63, 3.8) is 0 Å². The number of hydrogen-bond acceptors (Lipinski definition) is 3. The second-order valence-electron chi connectivity index (χ2n) is 4.61. The van der Waals surface area contributed by atoms with Crippen molar-refractivity contribution in [2.24, 2.45) is 5.73 Å². The third-order valence-corrected chi connectivity index (χ3v) is 2.92. The molecule has 1 aromatic carbocycles. The molecule has 0 bridgehead atoms. The number of nitrogens with zero attached hydrogens (tertiary/aromatic N) is 1. The van der Waals surface area contributed by atoms with Crippen LogP contribution in [0.15, 0.2) is 24.3 Å². The molecule has 1 aromatic rings. The molecular formula is C15H21N3O. The maximum Gasteiger partial charge on any atom is 0.251 e. The Kier molecular flexibility index (Phi) is 6.07. The van der Waals surface area contributed by atoms with Crippen molar-refractivity contribution in [3.05, 3.63) is 35.4 Å². The van der Waals surface area contributed by atoms with E-state index in [0.717, 1.165) is 5.56 Å². The molecule has 0 aliphatic heterocycles. The highest BCUT2D eigenvalue weighted by Gasteiger charge is 2.08. The molecule has 1 unspecified atom stereocenters. The van der Waals surface area contributed by atoms with Gasteiger partial charge in [0.15, 0.2) is 0 Å². The molecule has 1 amide bonds. The van der Waals surface area contributed by atoms with Gasteiger partial charge in [0.05, 0.1) is 6.54 Å². The fraction of sp³-hybridized carbons (Fsp3) is 0.400. The lowest BCUT2D eigenvalue weighted by molar-refractivity contribution is 0.0943. The number of amides is 1. The number of hydrogen-bond donors (Lipinski definition) is 2. The van der Waals surface area contributed by atoms with Gasteiger partial charge >= 0.3 is 0 Å². The van der Waals surface area contributed by atoms with Gasteiger partial charge in [-0.25, -0.2) is 0 Å². The van der Waals surface area contributed by atoms with Crippen molar-refractivity contribution >= 4 is 5.91 Å². The summed E-state index contributed by atoms with van der Waals surface area (Å²) in [4.78, 5) is 14.0. The van der Waals surface area contributed by atoms with E-state index in [1.54, 1.807) is 12.1 Å². The number of likely N-dealkylation sites (N-methyl/N-ethyl adjacent to an activating group) is 1. The standard InChI is InChI=1S/C15H21N3O/c1-12(18(2)3)11-17-15(19)14-8-6-13(7-9-14)5-4-10-16/h6-9,12H,10-11,16H2,1-3H3,(H,17,19). The highest BCUT2D eigenvalue weighted by atomic mass is 16.1. The van der Waals surface area contributed by atoms with Crippen LogP contribution in [0.1, 0.15) is 22.8 Å². The number of benzene rings is 1. The van der Waals surface area contributed by atoms with Gasteiger partial charge in [-0.15, -0.1) is 0 Å². The fourth-order valence-electron chi connectivity index (χ4n) is 1.38. The minimum absolute atomic E-state index is 0.0629. The minimum atomic E-state index is -0.0629. The lowest BCUT2D eigenvalue weighted by atomic mass is 10.1. The summed E-state index contributed by atoms with van der Waals surface area (Å²) in [7, 11) is 3.98. The lowest BCUT2D eigenvalue weighted by Gasteiger charge is -2.19. The van der Waals surface area contributed by atoms with Crippen LogP contribution in [0.4, 0.5) is 0 Å². The molecule has 4 heteroatoms. The van der Waals surface area contributed by atoms with Crippen molar-refractivity contribution in [2.75, 3.05) is 27.2 Å². The fourth-order valence-corrected chi connectivity index (χ4v) is 1.38. The van der Waals surface area contributed by atoms with Gasteiger partial charge in [0, 0.05) is 23.7 Å². The zero-order valence-electron chi connectivity index (χ0n) is 11.7. The van der Waals surface area contributed by atoms with Crippen molar-refractivity contribution in [1.29, 1.82) is 0 Å². The first-order valence-corrected chi connectivity index (χ1v) is 6.28. The number of nitrogens with two attached hydrogens (primary N) is 1. The number of nitrogens with one attached hydrogen (secondary N) is 1. The van der Waals surface area contributed by atoms with Crippen LogP contribution < -0.4 is 11.1 Å². The maximum atomic E-state index is 11.9. The van der Waals surface area contributed by atoms with Crippen LogP contribution in [0.5, 0.6) is 0 Å². The monoisotopic (exact) mass is 259 g/mol. The van der Waals surface area contributed by atoms with E-state index in [1.807, 2.05) is 26.2 Å². The van der Waals surface area contributed by atoms with Crippen molar-refractivity contribution < 1.29 is 4.79 Å². The SMILES string of the molecule is CC(CNC(=O)c1ccc(C#CCN)cc1)N(C)C. The molecule has 0 aliphatic rings.